The van der Waals surface area contributed by atoms with Gasteiger partial charge < -0.3 is 14.4 Å². The smallest absolute Gasteiger partial charge is 0.238 e. The van der Waals surface area contributed by atoms with Crippen LogP contribution in [0.15, 0.2) is 22.1 Å². The van der Waals surface area contributed by atoms with Crippen molar-refractivity contribution in [3.05, 3.63) is 18.2 Å². The summed E-state index contributed by atoms with van der Waals surface area (Å²) in [6, 6.07) is 1.92. The van der Waals surface area contributed by atoms with Gasteiger partial charge in [0.05, 0.1) is 5.25 Å². The topological polar surface area (TPSA) is 85.8 Å². The Morgan fingerprint density at radius 1 is 1.45 bits per heavy atom. The molecule has 0 radical (unpaired) electrons. The largest absolute Gasteiger partial charge is 0.360 e. The zero-order chi connectivity index (χ0) is 14.7. The molecule has 1 atom stereocenters. The number of nitrogens with zero attached hydrogens (tertiary/aromatic N) is 4. The Morgan fingerprint density at radius 2 is 2.20 bits per heavy atom. The fourth-order valence-corrected chi connectivity index (χ4v) is 2.49. The lowest BCUT2D eigenvalue weighted by Gasteiger charge is -2.12. The molecule has 1 amide bonds. The summed E-state index contributed by atoms with van der Waals surface area (Å²) in [6.45, 7) is 7.66. The van der Waals surface area contributed by atoms with Crippen molar-refractivity contribution in [3.8, 4) is 0 Å². The first-order chi connectivity index (χ1) is 9.47. The first kappa shape index (κ1) is 14.6. The number of nitrogens with one attached hydrogen (secondary N) is 1. The Morgan fingerprint density at radius 3 is 2.80 bits per heavy atom. The van der Waals surface area contributed by atoms with Crippen molar-refractivity contribution in [1.82, 2.24) is 19.9 Å². The third kappa shape index (κ3) is 3.38. The molecule has 8 heteroatoms. The zero-order valence-electron chi connectivity index (χ0n) is 11.8. The molecule has 2 aromatic rings. The van der Waals surface area contributed by atoms with Gasteiger partial charge in [-0.3, -0.25) is 4.79 Å². The third-order valence-electron chi connectivity index (χ3n) is 2.63. The number of rotatable bonds is 5. The van der Waals surface area contributed by atoms with E-state index in [1.807, 2.05) is 25.3 Å². The van der Waals surface area contributed by atoms with Crippen LogP contribution in [-0.4, -0.2) is 31.1 Å². The number of aryl methyl sites for hydroxylation is 1. The summed E-state index contributed by atoms with van der Waals surface area (Å²) in [5, 5.41) is 14.8. The van der Waals surface area contributed by atoms with Gasteiger partial charge in [0.2, 0.25) is 5.91 Å². The summed E-state index contributed by atoms with van der Waals surface area (Å²) in [5.74, 6) is 0.923. The molecule has 2 aromatic heterocycles. The van der Waals surface area contributed by atoms with Gasteiger partial charge in [0.1, 0.15) is 12.1 Å². The average Bonchev–Trinajstić information content (AvgIpc) is 2.98. The Hall–Kier alpha value is -1.83. The molecule has 108 valence electrons. The Kier molecular flexibility index (Phi) is 4.43. The summed E-state index contributed by atoms with van der Waals surface area (Å²) in [6.07, 6.45) is 1.67. The molecule has 0 aliphatic heterocycles. The lowest BCUT2D eigenvalue weighted by Crippen LogP contribution is -2.23. The molecule has 0 aromatic carbocycles. The maximum absolute atomic E-state index is 12.1. The van der Waals surface area contributed by atoms with Crippen LogP contribution < -0.4 is 5.32 Å². The van der Waals surface area contributed by atoms with E-state index in [-0.39, 0.29) is 17.2 Å². The van der Waals surface area contributed by atoms with Gasteiger partial charge in [-0.25, -0.2) is 0 Å². The Labute approximate surface area is 121 Å². The number of carbonyl (C=O) groups excluding carboxylic acids is 1. The molecule has 7 nitrogen and oxygen atoms in total. The van der Waals surface area contributed by atoms with Gasteiger partial charge in [0.15, 0.2) is 11.0 Å². The van der Waals surface area contributed by atoms with E-state index in [0.29, 0.717) is 11.6 Å². The van der Waals surface area contributed by atoms with Crippen molar-refractivity contribution < 1.29 is 9.32 Å². The molecule has 0 aliphatic carbocycles. The van der Waals surface area contributed by atoms with E-state index in [9.17, 15) is 4.79 Å². The van der Waals surface area contributed by atoms with Crippen LogP contribution >= 0.6 is 11.8 Å². The van der Waals surface area contributed by atoms with Crippen LogP contribution in [0.5, 0.6) is 0 Å². The maximum atomic E-state index is 12.1. The van der Waals surface area contributed by atoms with Gasteiger partial charge in [0, 0.05) is 12.1 Å². The summed E-state index contributed by atoms with van der Waals surface area (Å²) in [5.41, 5.74) is 0. The van der Waals surface area contributed by atoms with Gasteiger partial charge in [-0.05, 0) is 27.7 Å². The van der Waals surface area contributed by atoms with Crippen molar-refractivity contribution in [3.63, 3.8) is 0 Å². The number of hydrogen-bond donors (Lipinski definition) is 1. The van der Waals surface area contributed by atoms with Crippen molar-refractivity contribution >= 4 is 23.5 Å². The molecule has 0 bridgehead atoms. The Bertz CT molecular complexity index is 592. The van der Waals surface area contributed by atoms with E-state index >= 15 is 0 Å². The van der Waals surface area contributed by atoms with Gasteiger partial charge in [-0.1, -0.05) is 16.9 Å². The molecule has 1 N–H and O–H groups in total. The molecular weight excluding hydrogens is 278 g/mol. The lowest BCUT2D eigenvalue weighted by atomic mass is 10.4. The second kappa shape index (κ2) is 6.08. The van der Waals surface area contributed by atoms with Crippen molar-refractivity contribution in [2.24, 2.45) is 0 Å². The Balaban J connectivity index is 1.98. The fourth-order valence-electron chi connectivity index (χ4n) is 1.54. The third-order valence-corrected chi connectivity index (χ3v) is 3.70. The lowest BCUT2D eigenvalue weighted by molar-refractivity contribution is -0.115. The molecule has 20 heavy (non-hydrogen) atoms. The highest BCUT2D eigenvalue weighted by atomic mass is 32.2. The molecule has 0 aliphatic rings. The van der Waals surface area contributed by atoms with Crippen LogP contribution in [-0.2, 0) is 4.79 Å². The SMILES string of the molecule is Cc1cc(NC(=O)C(C)Sc2nncn2C(C)C)no1. The monoisotopic (exact) mass is 295 g/mol. The summed E-state index contributed by atoms with van der Waals surface area (Å²) >= 11 is 1.36. The van der Waals surface area contributed by atoms with Crippen molar-refractivity contribution in [1.29, 1.82) is 0 Å². The summed E-state index contributed by atoms with van der Waals surface area (Å²) in [4.78, 5) is 12.1. The fraction of sp³-hybridized carbons (Fsp3) is 0.500. The van der Waals surface area contributed by atoms with Crippen LogP contribution in [0, 0.1) is 6.92 Å². The minimum atomic E-state index is -0.311. The highest BCUT2D eigenvalue weighted by Gasteiger charge is 2.19. The number of thioether (sulfide) groups is 1. The molecule has 0 fully saturated rings. The summed E-state index contributed by atoms with van der Waals surface area (Å²) in [7, 11) is 0. The molecule has 0 saturated heterocycles. The molecule has 0 spiro atoms. The van der Waals surface area contributed by atoms with Gasteiger partial charge in [-0.2, -0.15) is 0 Å². The van der Waals surface area contributed by atoms with Crippen LogP contribution in [0.1, 0.15) is 32.6 Å². The molecular formula is C12H17N5O2S. The molecule has 2 heterocycles. The highest BCUT2D eigenvalue weighted by Crippen LogP contribution is 2.24. The molecule has 2 rings (SSSR count). The minimum Gasteiger partial charge on any atom is -0.360 e. The first-order valence-corrected chi connectivity index (χ1v) is 7.15. The maximum Gasteiger partial charge on any atom is 0.238 e. The second-order valence-electron chi connectivity index (χ2n) is 4.69. The van der Waals surface area contributed by atoms with Crippen molar-refractivity contribution in [2.45, 2.75) is 44.1 Å². The quantitative estimate of drug-likeness (QED) is 0.852. The first-order valence-electron chi connectivity index (χ1n) is 6.27. The number of hydrogen-bond acceptors (Lipinski definition) is 6. The highest BCUT2D eigenvalue weighted by molar-refractivity contribution is 8.00. The van der Waals surface area contributed by atoms with Crippen LogP contribution in [0.2, 0.25) is 0 Å². The normalized spacial score (nSPS) is 12.7. The van der Waals surface area contributed by atoms with E-state index < -0.39 is 0 Å². The number of aromatic nitrogens is 4. The molecule has 1 unspecified atom stereocenters. The minimum absolute atomic E-state index is 0.151. The predicted octanol–water partition coefficient (Wildman–Crippen LogP) is 2.27. The average molecular weight is 295 g/mol. The van der Waals surface area contributed by atoms with Crippen LogP contribution in [0.4, 0.5) is 5.82 Å². The van der Waals surface area contributed by atoms with E-state index in [1.54, 1.807) is 19.3 Å². The van der Waals surface area contributed by atoms with Gasteiger partial charge in [0.25, 0.3) is 0 Å². The zero-order valence-corrected chi connectivity index (χ0v) is 12.6. The van der Waals surface area contributed by atoms with E-state index in [2.05, 4.69) is 20.7 Å². The number of anilines is 1. The van der Waals surface area contributed by atoms with Gasteiger partial charge in [-0.15, -0.1) is 10.2 Å². The second-order valence-corrected chi connectivity index (χ2v) is 5.99. The van der Waals surface area contributed by atoms with Gasteiger partial charge >= 0.3 is 0 Å². The number of amides is 1. The van der Waals surface area contributed by atoms with E-state index in [1.165, 1.54) is 11.8 Å². The number of carbonyl (C=O) groups is 1. The van der Waals surface area contributed by atoms with Crippen LogP contribution in [0.3, 0.4) is 0 Å². The van der Waals surface area contributed by atoms with E-state index in [4.69, 9.17) is 4.52 Å². The predicted molar refractivity (Wildman–Crippen MR) is 75.6 cm³/mol. The van der Waals surface area contributed by atoms with E-state index in [0.717, 1.165) is 5.16 Å². The van der Waals surface area contributed by atoms with Crippen LogP contribution in [0.25, 0.3) is 0 Å². The molecule has 0 saturated carbocycles. The van der Waals surface area contributed by atoms with Crippen molar-refractivity contribution in [2.75, 3.05) is 5.32 Å². The summed E-state index contributed by atoms with van der Waals surface area (Å²) < 4.78 is 6.83. The standard InChI is InChI=1S/C12H17N5O2S/c1-7(2)17-6-13-15-12(17)20-9(4)11(18)14-10-5-8(3)19-16-10/h5-7,9H,1-4H3,(H,14,16,18).